The summed E-state index contributed by atoms with van der Waals surface area (Å²) in [6.45, 7) is 6.03. The molecule has 0 radical (unpaired) electrons. The molecule has 3 aromatic carbocycles. The highest BCUT2D eigenvalue weighted by molar-refractivity contribution is 5.97. The molecule has 0 saturated carbocycles. The van der Waals surface area contributed by atoms with Crippen molar-refractivity contribution in [2.45, 2.75) is 26.8 Å². The summed E-state index contributed by atoms with van der Waals surface area (Å²) in [6.07, 6.45) is 0. The number of amides is 2. The van der Waals surface area contributed by atoms with Crippen molar-refractivity contribution in [3.8, 4) is 0 Å². The summed E-state index contributed by atoms with van der Waals surface area (Å²) in [4.78, 5) is 27.7. The Hall–Kier alpha value is -3.44. The Kier molecular flexibility index (Phi) is 7.21. The minimum atomic E-state index is -0.607. The Bertz CT molecular complexity index is 1050. The van der Waals surface area contributed by atoms with Crippen LogP contribution in [0.1, 0.15) is 28.3 Å². The summed E-state index contributed by atoms with van der Waals surface area (Å²) < 4.78 is 0. The van der Waals surface area contributed by atoms with Gasteiger partial charge in [0.25, 0.3) is 0 Å². The van der Waals surface area contributed by atoms with Gasteiger partial charge in [-0.3, -0.25) is 14.5 Å². The zero-order valence-corrected chi connectivity index (χ0v) is 18.5. The molecule has 0 aliphatic carbocycles. The van der Waals surface area contributed by atoms with Crippen LogP contribution in [0.5, 0.6) is 0 Å². The fourth-order valence-electron chi connectivity index (χ4n) is 3.47. The van der Waals surface area contributed by atoms with E-state index in [0.29, 0.717) is 0 Å². The van der Waals surface area contributed by atoms with Crippen LogP contribution in [0, 0.1) is 20.8 Å². The van der Waals surface area contributed by atoms with Crippen LogP contribution >= 0.6 is 0 Å². The number of likely N-dealkylation sites (N-methyl/N-ethyl adjacent to an activating group) is 1. The average molecular weight is 416 g/mol. The van der Waals surface area contributed by atoms with E-state index in [4.69, 9.17) is 0 Å². The van der Waals surface area contributed by atoms with Crippen molar-refractivity contribution in [2.75, 3.05) is 24.2 Å². The third-order valence-electron chi connectivity index (χ3n) is 5.18. The second-order valence-corrected chi connectivity index (χ2v) is 7.95. The number of benzene rings is 3. The first-order chi connectivity index (χ1) is 14.8. The van der Waals surface area contributed by atoms with Crippen LogP contribution in [-0.2, 0) is 9.59 Å². The van der Waals surface area contributed by atoms with E-state index in [9.17, 15) is 9.59 Å². The first kappa shape index (κ1) is 22.2. The van der Waals surface area contributed by atoms with Crippen LogP contribution in [0.2, 0.25) is 0 Å². The van der Waals surface area contributed by atoms with Crippen molar-refractivity contribution >= 4 is 23.2 Å². The van der Waals surface area contributed by atoms with Crippen molar-refractivity contribution in [1.29, 1.82) is 0 Å². The van der Waals surface area contributed by atoms with Gasteiger partial charge in [0, 0.05) is 11.4 Å². The standard InChI is InChI=1S/C26H29N3O2/c1-18-11-14-22(15-12-18)27-24(30)17-29(4)25(21-8-6-5-7-9-21)26(31)28-23-16-19(2)10-13-20(23)3/h5-16,25H,17H2,1-4H3,(H,27,30)(H,28,31)/t25-/m0/s1. The summed E-state index contributed by atoms with van der Waals surface area (Å²) in [6, 6.07) is 22.5. The van der Waals surface area contributed by atoms with E-state index in [1.807, 2.05) is 93.6 Å². The number of aryl methyl sites for hydroxylation is 3. The Balaban J connectivity index is 1.78. The first-order valence-corrected chi connectivity index (χ1v) is 10.3. The number of carbonyl (C=O) groups is 2. The van der Waals surface area contributed by atoms with Gasteiger partial charge in [-0.2, -0.15) is 0 Å². The van der Waals surface area contributed by atoms with Gasteiger partial charge in [-0.25, -0.2) is 0 Å². The van der Waals surface area contributed by atoms with E-state index in [2.05, 4.69) is 10.6 Å². The smallest absolute Gasteiger partial charge is 0.246 e. The lowest BCUT2D eigenvalue weighted by atomic mass is 10.0. The van der Waals surface area contributed by atoms with E-state index in [1.54, 1.807) is 11.9 Å². The largest absolute Gasteiger partial charge is 0.325 e. The molecule has 2 amide bonds. The summed E-state index contributed by atoms with van der Waals surface area (Å²) in [5.41, 5.74) is 5.54. The Morgan fingerprint density at radius 1 is 0.839 bits per heavy atom. The summed E-state index contributed by atoms with van der Waals surface area (Å²) in [5, 5.41) is 5.95. The molecule has 0 aliphatic heterocycles. The number of hydrogen-bond donors (Lipinski definition) is 2. The van der Waals surface area contributed by atoms with Crippen molar-refractivity contribution in [1.82, 2.24) is 4.90 Å². The van der Waals surface area contributed by atoms with E-state index < -0.39 is 6.04 Å². The molecule has 0 bridgehead atoms. The molecule has 5 heteroatoms. The molecule has 0 aromatic heterocycles. The fourth-order valence-corrected chi connectivity index (χ4v) is 3.47. The molecule has 3 aromatic rings. The molecule has 0 unspecified atom stereocenters. The number of hydrogen-bond acceptors (Lipinski definition) is 3. The fraction of sp³-hybridized carbons (Fsp3) is 0.231. The minimum Gasteiger partial charge on any atom is -0.325 e. The maximum atomic E-state index is 13.3. The maximum Gasteiger partial charge on any atom is 0.246 e. The average Bonchev–Trinajstić information content (AvgIpc) is 2.73. The lowest BCUT2D eigenvalue weighted by Gasteiger charge is -2.27. The number of carbonyl (C=O) groups excluding carboxylic acids is 2. The highest BCUT2D eigenvalue weighted by atomic mass is 16.2. The lowest BCUT2D eigenvalue weighted by molar-refractivity contribution is -0.123. The van der Waals surface area contributed by atoms with Gasteiger partial charge in [0.05, 0.1) is 6.54 Å². The van der Waals surface area contributed by atoms with Crippen molar-refractivity contribution in [2.24, 2.45) is 0 Å². The summed E-state index contributed by atoms with van der Waals surface area (Å²) >= 11 is 0. The number of anilines is 2. The molecule has 3 rings (SSSR count). The second-order valence-electron chi connectivity index (χ2n) is 7.95. The molecule has 0 aliphatic rings. The van der Waals surface area contributed by atoms with E-state index in [0.717, 1.165) is 33.6 Å². The number of nitrogens with one attached hydrogen (secondary N) is 2. The predicted molar refractivity (Wildman–Crippen MR) is 126 cm³/mol. The van der Waals surface area contributed by atoms with Crippen LogP contribution in [0.15, 0.2) is 72.8 Å². The molecule has 5 nitrogen and oxygen atoms in total. The summed E-state index contributed by atoms with van der Waals surface area (Å²) in [7, 11) is 1.79. The van der Waals surface area contributed by atoms with Gasteiger partial charge in [-0.15, -0.1) is 0 Å². The zero-order valence-electron chi connectivity index (χ0n) is 18.5. The van der Waals surface area contributed by atoms with Gasteiger partial charge in [-0.05, 0) is 62.7 Å². The van der Waals surface area contributed by atoms with E-state index in [1.165, 1.54) is 0 Å². The van der Waals surface area contributed by atoms with Crippen LogP contribution < -0.4 is 10.6 Å². The minimum absolute atomic E-state index is 0.0770. The molecule has 31 heavy (non-hydrogen) atoms. The number of rotatable bonds is 7. The quantitative estimate of drug-likeness (QED) is 0.579. The monoisotopic (exact) mass is 415 g/mol. The molecule has 0 heterocycles. The Morgan fingerprint density at radius 3 is 2.16 bits per heavy atom. The molecular weight excluding hydrogens is 386 g/mol. The van der Waals surface area contributed by atoms with Crippen molar-refractivity contribution in [3.63, 3.8) is 0 Å². The highest BCUT2D eigenvalue weighted by Crippen LogP contribution is 2.24. The number of nitrogens with zero attached hydrogens (tertiary/aromatic N) is 1. The molecule has 0 saturated heterocycles. The maximum absolute atomic E-state index is 13.3. The van der Waals surface area contributed by atoms with Gasteiger partial charge in [0.2, 0.25) is 11.8 Å². The van der Waals surface area contributed by atoms with Crippen molar-refractivity contribution in [3.05, 3.63) is 95.1 Å². The SMILES string of the molecule is Cc1ccc(NC(=O)CN(C)[C@H](C(=O)Nc2cc(C)ccc2C)c2ccccc2)cc1. The third kappa shape index (κ3) is 6.03. The first-order valence-electron chi connectivity index (χ1n) is 10.3. The van der Waals surface area contributed by atoms with Crippen LogP contribution in [0.4, 0.5) is 11.4 Å². The second kappa shape index (κ2) is 10.0. The molecule has 2 N–H and O–H groups in total. The van der Waals surface area contributed by atoms with Gasteiger partial charge >= 0.3 is 0 Å². The molecule has 0 fully saturated rings. The van der Waals surface area contributed by atoms with Gasteiger partial charge in [0.1, 0.15) is 6.04 Å². The predicted octanol–water partition coefficient (Wildman–Crippen LogP) is 4.86. The van der Waals surface area contributed by atoms with Crippen molar-refractivity contribution < 1.29 is 9.59 Å². The molecule has 160 valence electrons. The van der Waals surface area contributed by atoms with Crippen LogP contribution in [-0.4, -0.2) is 30.3 Å². The molecule has 0 spiro atoms. The highest BCUT2D eigenvalue weighted by Gasteiger charge is 2.27. The van der Waals surface area contributed by atoms with Crippen LogP contribution in [0.25, 0.3) is 0 Å². The Morgan fingerprint density at radius 2 is 1.48 bits per heavy atom. The van der Waals surface area contributed by atoms with E-state index >= 15 is 0 Å². The summed E-state index contributed by atoms with van der Waals surface area (Å²) in [5.74, 6) is -0.350. The molecular formula is C26H29N3O2. The normalized spacial score (nSPS) is 11.8. The van der Waals surface area contributed by atoms with Crippen LogP contribution in [0.3, 0.4) is 0 Å². The van der Waals surface area contributed by atoms with E-state index in [-0.39, 0.29) is 18.4 Å². The zero-order chi connectivity index (χ0) is 22.4. The van der Waals surface area contributed by atoms with Gasteiger partial charge in [0.15, 0.2) is 0 Å². The van der Waals surface area contributed by atoms with Gasteiger partial charge < -0.3 is 10.6 Å². The third-order valence-corrected chi connectivity index (χ3v) is 5.18. The lowest BCUT2D eigenvalue weighted by Crippen LogP contribution is -2.39. The Labute approximate surface area is 184 Å². The van der Waals surface area contributed by atoms with Gasteiger partial charge in [-0.1, -0.05) is 60.2 Å². The molecule has 1 atom stereocenters. The topological polar surface area (TPSA) is 61.4 Å².